The molecule has 1 aliphatic heterocycles. The van der Waals surface area contributed by atoms with Gasteiger partial charge < -0.3 is 10.5 Å². The van der Waals surface area contributed by atoms with E-state index in [9.17, 15) is 0 Å². The molecule has 20 heavy (non-hydrogen) atoms. The van der Waals surface area contributed by atoms with Crippen LogP contribution in [0.2, 0.25) is 0 Å². The second-order valence-corrected chi connectivity index (χ2v) is 6.26. The molecule has 0 saturated heterocycles. The molecule has 0 fully saturated rings. The summed E-state index contributed by atoms with van der Waals surface area (Å²) in [5.74, 6) is 0.974. The highest BCUT2D eigenvalue weighted by Gasteiger charge is 2.44. The first kappa shape index (κ1) is 12.0. The Morgan fingerprint density at radius 3 is 2.50 bits per heavy atom. The van der Waals surface area contributed by atoms with Gasteiger partial charge in [0.05, 0.1) is 0 Å². The molecule has 0 amide bonds. The van der Waals surface area contributed by atoms with Gasteiger partial charge in [-0.25, -0.2) is 0 Å². The molecule has 0 bridgehead atoms. The van der Waals surface area contributed by atoms with E-state index in [0.29, 0.717) is 0 Å². The molecule has 0 radical (unpaired) electrons. The minimum atomic E-state index is -0.134. The smallest absolute Gasteiger partial charge is 0.124 e. The Bertz CT molecular complexity index is 652. The molecule has 2 heteroatoms. The van der Waals surface area contributed by atoms with E-state index in [1.54, 1.807) is 0 Å². The van der Waals surface area contributed by atoms with E-state index in [4.69, 9.17) is 10.5 Å². The molecule has 1 heterocycles. The fourth-order valence-electron chi connectivity index (χ4n) is 3.71. The molecule has 4 rings (SSSR count). The maximum Gasteiger partial charge on any atom is 0.124 e. The molecule has 1 aliphatic carbocycles. The molecular weight excluding hydrogens is 246 g/mol. The number of hydrogen-bond acceptors (Lipinski definition) is 2. The second-order valence-electron chi connectivity index (χ2n) is 6.26. The average molecular weight is 265 g/mol. The van der Waals surface area contributed by atoms with Crippen LogP contribution in [0.15, 0.2) is 42.5 Å². The van der Waals surface area contributed by atoms with E-state index >= 15 is 0 Å². The van der Waals surface area contributed by atoms with Crippen LogP contribution in [0.1, 0.15) is 34.7 Å². The van der Waals surface area contributed by atoms with Gasteiger partial charge in [-0.05, 0) is 24.1 Å². The zero-order valence-electron chi connectivity index (χ0n) is 11.7. The normalized spacial score (nSPS) is 22.2. The minimum absolute atomic E-state index is 0.0768. The third-order valence-electron chi connectivity index (χ3n) is 4.63. The predicted octanol–water partition coefficient (Wildman–Crippen LogP) is 3.31. The van der Waals surface area contributed by atoms with Crippen LogP contribution in [-0.4, -0.2) is 5.60 Å². The van der Waals surface area contributed by atoms with Gasteiger partial charge in [-0.1, -0.05) is 42.0 Å². The Kier molecular flexibility index (Phi) is 2.45. The number of rotatable bonds is 0. The second kappa shape index (κ2) is 4.10. The van der Waals surface area contributed by atoms with Crippen molar-refractivity contribution in [3.05, 3.63) is 64.7 Å². The monoisotopic (exact) mass is 265 g/mol. The van der Waals surface area contributed by atoms with Crippen molar-refractivity contribution in [2.24, 2.45) is 5.73 Å². The lowest BCUT2D eigenvalue weighted by molar-refractivity contribution is 0.0459. The van der Waals surface area contributed by atoms with Gasteiger partial charge in [0.1, 0.15) is 11.4 Å². The number of benzene rings is 2. The summed E-state index contributed by atoms with van der Waals surface area (Å²) in [5, 5.41) is 0. The molecule has 2 aliphatic rings. The quantitative estimate of drug-likeness (QED) is 0.793. The van der Waals surface area contributed by atoms with Crippen molar-refractivity contribution in [2.75, 3.05) is 0 Å². The first-order valence-electron chi connectivity index (χ1n) is 7.27. The fourth-order valence-corrected chi connectivity index (χ4v) is 3.71. The van der Waals surface area contributed by atoms with Gasteiger partial charge in [-0.2, -0.15) is 0 Å². The maximum atomic E-state index is 6.42. The largest absolute Gasteiger partial charge is 0.486 e. The van der Waals surface area contributed by atoms with Crippen LogP contribution in [0.5, 0.6) is 5.75 Å². The molecule has 0 aromatic heterocycles. The summed E-state index contributed by atoms with van der Waals surface area (Å²) >= 11 is 0. The number of nitrogens with two attached hydrogens (primary N) is 1. The van der Waals surface area contributed by atoms with Crippen molar-refractivity contribution >= 4 is 0 Å². The molecule has 2 N–H and O–H groups in total. The van der Waals surface area contributed by atoms with Gasteiger partial charge in [0.15, 0.2) is 0 Å². The lowest BCUT2D eigenvalue weighted by Gasteiger charge is -2.39. The summed E-state index contributed by atoms with van der Waals surface area (Å²) in [6, 6.07) is 15.1. The molecule has 2 aromatic carbocycles. The van der Waals surface area contributed by atoms with Crippen LogP contribution in [0.4, 0.5) is 0 Å². The molecule has 0 saturated carbocycles. The van der Waals surface area contributed by atoms with Crippen molar-refractivity contribution in [3.8, 4) is 5.75 Å². The fraction of sp³-hybridized carbons (Fsp3) is 0.333. The van der Waals surface area contributed by atoms with Crippen molar-refractivity contribution in [1.29, 1.82) is 0 Å². The van der Waals surface area contributed by atoms with Gasteiger partial charge in [0, 0.05) is 30.9 Å². The maximum absolute atomic E-state index is 6.42. The molecule has 1 spiro atoms. The van der Waals surface area contributed by atoms with Crippen LogP contribution in [0.3, 0.4) is 0 Å². The highest BCUT2D eigenvalue weighted by Crippen LogP contribution is 2.45. The Morgan fingerprint density at radius 2 is 1.80 bits per heavy atom. The Labute approximate surface area is 119 Å². The zero-order valence-corrected chi connectivity index (χ0v) is 11.7. The first-order chi connectivity index (χ1) is 9.65. The number of fused-ring (bicyclic) bond motifs is 2. The third kappa shape index (κ3) is 1.75. The summed E-state index contributed by atoms with van der Waals surface area (Å²) in [6.07, 6.45) is 2.85. The van der Waals surface area contributed by atoms with E-state index < -0.39 is 0 Å². The Morgan fingerprint density at radius 1 is 1.10 bits per heavy atom. The van der Waals surface area contributed by atoms with Crippen LogP contribution in [0, 0.1) is 6.92 Å². The van der Waals surface area contributed by atoms with Crippen LogP contribution in [0.25, 0.3) is 0 Å². The van der Waals surface area contributed by atoms with Gasteiger partial charge in [-0.3, -0.25) is 0 Å². The lowest BCUT2D eigenvalue weighted by Crippen LogP contribution is -2.43. The van der Waals surface area contributed by atoms with Crippen molar-refractivity contribution in [1.82, 2.24) is 0 Å². The van der Waals surface area contributed by atoms with Gasteiger partial charge in [0.2, 0.25) is 0 Å². The number of aryl methyl sites for hydroxylation is 1. The highest BCUT2D eigenvalue weighted by molar-refractivity contribution is 5.44. The van der Waals surface area contributed by atoms with E-state index in [2.05, 4.69) is 49.4 Å². The average Bonchev–Trinajstić information content (AvgIpc) is 2.77. The summed E-state index contributed by atoms with van der Waals surface area (Å²) in [7, 11) is 0. The van der Waals surface area contributed by atoms with Crippen LogP contribution in [-0.2, 0) is 12.8 Å². The van der Waals surface area contributed by atoms with Crippen molar-refractivity contribution in [2.45, 2.75) is 37.8 Å². The van der Waals surface area contributed by atoms with E-state index in [-0.39, 0.29) is 11.6 Å². The van der Waals surface area contributed by atoms with E-state index in [0.717, 1.165) is 30.6 Å². The minimum Gasteiger partial charge on any atom is -0.486 e. The molecular formula is C18H19NO. The molecule has 2 nitrogen and oxygen atoms in total. The van der Waals surface area contributed by atoms with Crippen molar-refractivity contribution < 1.29 is 4.74 Å². The van der Waals surface area contributed by atoms with Gasteiger partial charge >= 0.3 is 0 Å². The summed E-state index contributed by atoms with van der Waals surface area (Å²) in [5.41, 5.74) is 11.5. The summed E-state index contributed by atoms with van der Waals surface area (Å²) < 4.78 is 6.41. The van der Waals surface area contributed by atoms with Crippen LogP contribution < -0.4 is 10.5 Å². The van der Waals surface area contributed by atoms with Crippen molar-refractivity contribution in [3.63, 3.8) is 0 Å². The van der Waals surface area contributed by atoms with Gasteiger partial charge in [-0.15, -0.1) is 0 Å². The van der Waals surface area contributed by atoms with Crippen LogP contribution >= 0.6 is 0 Å². The molecule has 0 unspecified atom stereocenters. The SMILES string of the molecule is Cc1ccc2c(c1)[C@H](N)CC1(Cc3ccccc3C1)O2. The molecule has 102 valence electrons. The van der Waals surface area contributed by atoms with Gasteiger partial charge in [0.25, 0.3) is 0 Å². The number of ether oxygens (including phenoxy) is 1. The Balaban J connectivity index is 1.73. The standard InChI is InChI=1S/C18H19NO/c1-12-6-7-17-15(8-12)16(19)11-18(20-17)9-13-4-2-3-5-14(13)10-18/h2-8,16H,9-11,19H2,1H3/t16-/m1/s1. The zero-order chi connectivity index (χ0) is 13.7. The lowest BCUT2D eigenvalue weighted by atomic mass is 9.85. The molecule has 1 atom stereocenters. The number of hydrogen-bond donors (Lipinski definition) is 1. The Hall–Kier alpha value is -1.80. The predicted molar refractivity (Wildman–Crippen MR) is 79.9 cm³/mol. The summed E-state index contributed by atoms with van der Waals surface area (Å²) in [6.45, 7) is 2.10. The van der Waals surface area contributed by atoms with E-state index in [1.165, 1.54) is 16.7 Å². The third-order valence-corrected chi connectivity index (χ3v) is 4.63. The van der Waals surface area contributed by atoms with E-state index in [1.807, 2.05) is 0 Å². The summed E-state index contributed by atoms with van der Waals surface area (Å²) in [4.78, 5) is 0. The molecule has 2 aromatic rings. The highest BCUT2D eigenvalue weighted by atomic mass is 16.5. The first-order valence-corrected chi connectivity index (χ1v) is 7.27. The topological polar surface area (TPSA) is 35.2 Å².